The van der Waals surface area contributed by atoms with Crippen LogP contribution in [0.4, 0.5) is 10.8 Å². The summed E-state index contributed by atoms with van der Waals surface area (Å²) in [4.78, 5) is 25.9. The van der Waals surface area contributed by atoms with E-state index in [1.54, 1.807) is 10.4 Å². The number of benzene rings is 1. The lowest BCUT2D eigenvalue weighted by Crippen LogP contribution is -2.28. The highest BCUT2D eigenvalue weighted by Crippen LogP contribution is 2.28. The summed E-state index contributed by atoms with van der Waals surface area (Å²) in [7, 11) is 0. The highest BCUT2D eigenvalue weighted by atomic mass is 79.9. The summed E-state index contributed by atoms with van der Waals surface area (Å²) < 4.78 is 0.898. The van der Waals surface area contributed by atoms with Gasteiger partial charge < -0.3 is 10.2 Å². The second-order valence-corrected chi connectivity index (χ2v) is 6.37. The standard InChI is InChI=1S/C13H11BrN4O2S/c14-9-2-1-3-10(5-9)18-6-8(4-11(18)19)12(20)16-13-17-15-7-21-13/h1-3,5,7-8H,4,6H2,(H,16,17,20)/t8-/m1/s1. The molecule has 1 aliphatic heterocycles. The Morgan fingerprint density at radius 1 is 1.48 bits per heavy atom. The van der Waals surface area contributed by atoms with Gasteiger partial charge in [0.05, 0.1) is 5.92 Å². The van der Waals surface area contributed by atoms with E-state index in [1.807, 2.05) is 24.3 Å². The highest BCUT2D eigenvalue weighted by molar-refractivity contribution is 9.10. The van der Waals surface area contributed by atoms with E-state index < -0.39 is 0 Å². The van der Waals surface area contributed by atoms with Crippen molar-refractivity contribution in [1.29, 1.82) is 0 Å². The van der Waals surface area contributed by atoms with Crippen LogP contribution in [0, 0.1) is 5.92 Å². The van der Waals surface area contributed by atoms with E-state index in [4.69, 9.17) is 0 Å². The van der Waals surface area contributed by atoms with Gasteiger partial charge in [-0.1, -0.05) is 33.3 Å². The van der Waals surface area contributed by atoms with Gasteiger partial charge in [-0.15, -0.1) is 10.2 Å². The first kappa shape index (κ1) is 14.2. The molecule has 1 aromatic carbocycles. The third-order valence-corrected chi connectivity index (χ3v) is 4.31. The average Bonchev–Trinajstić information content (AvgIpc) is 3.08. The first-order valence-electron chi connectivity index (χ1n) is 6.26. The normalized spacial score (nSPS) is 18.0. The SMILES string of the molecule is O=C(Nc1nncs1)[C@@H]1CC(=O)N(c2cccc(Br)c2)C1. The van der Waals surface area contributed by atoms with Crippen LogP contribution in [0.2, 0.25) is 0 Å². The van der Waals surface area contributed by atoms with E-state index in [0.29, 0.717) is 11.7 Å². The molecule has 1 N–H and O–H groups in total. The maximum Gasteiger partial charge on any atom is 0.231 e. The number of carbonyl (C=O) groups is 2. The van der Waals surface area contributed by atoms with Gasteiger partial charge in [0.2, 0.25) is 16.9 Å². The second kappa shape index (κ2) is 5.90. The second-order valence-electron chi connectivity index (χ2n) is 4.62. The molecule has 0 bridgehead atoms. The fraction of sp³-hybridized carbons (Fsp3) is 0.231. The van der Waals surface area contributed by atoms with Gasteiger partial charge in [0.15, 0.2) is 0 Å². The molecular formula is C13H11BrN4O2S. The first-order valence-corrected chi connectivity index (χ1v) is 7.94. The molecule has 21 heavy (non-hydrogen) atoms. The van der Waals surface area contributed by atoms with Crippen LogP contribution < -0.4 is 10.2 Å². The van der Waals surface area contributed by atoms with Crippen LogP contribution in [0.1, 0.15) is 6.42 Å². The molecule has 0 spiro atoms. The Morgan fingerprint density at radius 3 is 3.05 bits per heavy atom. The Labute approximate surface area is 133 Å². The molecule has 1 aliphatic rings. The van der Waals surface area contributed by atoms with Gasteiger partial charge in [-0.05, 0) is 18.2 Å². The fourth-order valence-corrected chi connectivity index (χ4v) is 3.05. The third kappa shape index (κ3) is 3.11. The van der Waals surface area contributed by atoms with Crippen LogP contribution >= 0.6 is 27.3 Å². The van der Waals surface area contributed by atoms with Crippen LogP contribution in [-0.4, -0.2) is 28.6 Å². The minimum Gasteiger partial charge on any atom is -0.312 e. The molecule has 1 fully saturated rings. The van der Waals surface area contributed by atoms with Crippen molar-refractivity contribution < 1.29 is 9.59 Å². The number of aromatic nitrogens is 2. The summed E-state index contributed by atoms with van der Waals surface area (Å²) in [5.74, 6) is -0.622. The number of carbonyl (C=O) groups excluding carboxylic acids is 2. The lowest BCUT2D eigenvalue weighted by Gasteiger charge is -2.16. The molecule has 2 amide bonds. The molecule has 3 rings (SSSR count). The van der Waals surface area contributed by atoms with Gasteiger partial charge in [-0.25, -0.2) is 0 Å². The molecule has 1 saturated heterocycles. The molecule has 0 saturated carbocycles. The number of hydrogen-bond donors (Lipinski definition) is 1. The molecule has 6 nitrogen and oxygen atoms in total. The zero-order valence-electron chi connectivity index (χ0n) is 10.8. The highest BCUT2D eigenvalue weighted by Gasteiger charge is 2.35. The number of amides is 2. The Balaban J connectivity index is 1.71. The van der Waals surface area contributed by atoms with Crippen LogP contribution in [0.5, 0.6) is 0 Å². The van der Waals surface area contributed by atoms with E-state index in [0.717, 1.165) is 10.2 Å². The Kier molecular flexibility index (Phi) is 3.98. The molecule has 0 aliphatic carbocycles. The molecule has 8 heteroatoms. The van der Waals surface area contributed by atoms with Crippen molar-refractivity contribution in [2.45, 2.75) is 6.42 Å². The Hall–Kier alpha value is -1.80. The van der Waals surface area contributed by atoms with Gasteiger partial charge >= 0.3 is 0 Å². The third-order valence-electron chi connectivity index (χ3n) is 3.21. The van der Waals surface area contributed by atoms with Crippen LogP contribution in [0.3, 0.4) is 0 Å². The molecule has 1 atom stereocenters. The smallest absolute Gasteiger partial charge is 0.231 e. The minimum absolute atomic E-state index is 0.0505. The zero-order chi connectivity index (χ0) is 14.8. The monoisotopic (exact) mass is 366 g/mol. The topological polar surface area (TPSA) is 75.2 Å². The molecule has 2 heterocycles. The van der Waals surface area contributed by atoms with Crippen molar-refractivity contribution in [3.8, 4) is 0 Å². The first-order chi connectivity index (χ1) is 10.1. The molecule has 0 unspecified atom stereocenters. The van der Waals surface area contributed by atoms with E-state index in [-0.39, 0.29) is 24.2 Å². The zero-order valence-corrected chi connectivity index (χ0v) is 13.2. The van der Waals surface area contributed by atoms with E-state index in [2.05, 4.69) is 31.4 Å². The number of hydrogen-bond acceptors (Lipinski definition) is 5. The van der Waals surface area contributed by atoms with E-state index >= 15 is 0 Å². The van der Waals surface area contributed by atoms with Gasteiger partial charge in [0, 0.05) is 23.1 Å². The van der Waals surface area contributed by atoms with E-state index in [9.17, 15) is 9.59 Å². The number of rotatable bonds is 3. The predicted molar refractivity (Wildman–Crippen MR) is 83.1 cm³/mol. The molecule has 2 aromatic rings. The predicted octanol–water partition coefficient (Wildman–Crippen LogP) is 2.29. The van der Waals surface area contributed by atoms with E-state index in [1.165, 1.54) is 11.3 Å². The molecular weight excluding hydrogens is 356 g/mol. The summed E-state index contributed by atoms with van der Waals surface area (Å²) in [6.45, 7) is 0.375. The number of nitrogens with zero attached hydrogens (tertiary/aromatic N) is 3. The summed E-state index contributed by atoms with van der Waals surface area (Å²) >= 11 is 4.63. The number of nitrogens with one attached hydrogen (secondary N) is 1. The van der Waals surface area contributed by atoms with Crippen LogP contribution in [0.25, 0.3) is 0 Å². The number of halogens is 1. The quantitative estimate of drug-likeness (QED) is 0.903. The lowest BCUT2D eigenvalue weighted by molar-refractivity contribution is -0.122. The fourth-order valence-electron chi connectivity index (χ4n) is 2.21. The number of anilines is 2. The summed E-state index contributed by atoms with van der Waals surface area (Å²) in [6.07, 6.45) is 0.206. The van der Waals surface area contributed by atoms with Crippen LogP contribution in [-0.2, 0) is 9.59 Å². The van der Waals surface area contributed by atoms with Crippen molar-refractivity contribution in [2.75, 3.05) is 16.8 Å². The van der Waals surface area contributed by atoms with Gasteiger partial charge in [-0.2, -0.15) is 0 Å². The van der Waals surface area contributed by atoms with Crippen LogP contribution in [0.15, 0.2) is 34.2 Å². The maximum atomic E-state index is 12.1. The maximum absolute atomic E-state index is 12.1. The van der Waals surface area contributed by atoms with Gasteiger partial charge in [0.1, 0.15) is 5.51 Å². The molecule has 108 valence electrons. The van der Waals surface area contributed by atoms with Crippen molar-refractivity contribution in [3.63, 3.8) is 0 Å². The minimum atomic E-state index is -0.375. The van der Waals surface area contributed by atoms with Crippen molar-refractivity contribution in [3.05, 3.63) is 34.2 Å². The summed E-state index contributed by atoms with van der Waals surface area (Å²) in [5, 5.41) is 10.6. The summed E-state index contributed by atoms with van der Waals surface area (Å²) in [5.41, 5.74) is 2.34. The van der Waals surface area contributed by atoms with Gasteiger partial charge in [0.25, 0.3) is 0 Å². The van der Waals surface area contributed by atoms with Crippen molar-refractivity contribution in [2.24, 2.45) is 5.92 Å². The molecule has 0 radical (unpaired) electrons. The molecule has 1 aromatic heterocycles. The summed E-state index contributed by atoms with van der Waals surface area (Å²) in [6, 6.07) is 7.47. The Bertz CT molecular complexity index is 677. The Morgan fingerprint density at radius 2 is 2.33 bits per heavy atom. The average molecular weight is 367 g/mol. The lowest BCUT2D eigenvalue weighted by atomic mass is 10.1. The largest absolute Gasteiger partial charge is 0.312 e. The van der Waals surface area contributed by atoms with Crippen molar-refractivity contribution >= 4 is 49.9 Å². The van der Waals surface area contributed by atoms with Crippen molar-refractivity contribution in [1.82, 2.24) is 10.2 Å². The van der Waals surface area contributed by atoms with Gasteiger partial charge in [-0.3, -0.25) is 9.59 Å².